The van der Waals surface area contributed by atoms with Crippen LogP contribution in [0.25, 0.3) is 0 Å². The van der Waals surface area contributed by atoms with Crippen LogP contribution in [-0.2, 0) is 9.56 Å². The van der Waals surface area contributed by atoms with Crippen LogP contribution in [0.15, 0.2) is 48.6 Å². The van der Waals surface area contributed by atoms with Gasteiger partial charge >= 0.3 is 121 Å². The summed E-state index contributed by atoms with van der Waals surface area (Å²) in [5.41, 5.74) is 0. The minimum atomic E-state index is -2.72. The van der Waals surface area contributed by atoms with Crippen molar-refractivity contribution in [2.75, 3.05) is 0 Å². The van der Waals surface area contributed by atoms with Crippen molar-refractivity contribution >= 4 is 42.0 Å². The molecule has 0 saturated carbocycles. The van der Waals surface area contributed by atoms with Gasteiger partial charge < -0.3 is 0 Å². The van der Waals surface area contributed by atoms with Crippen LogP contribution in [0.1, 0.15) is 0 Å². The molecule has 0 fully saturated rings. The van der Waals surface area contributed by atoms with Gasteiger partial charge in [0.25, 0.3) is 0 Å². The molecule has 0 heterocycles. The topological polar surface area (TPSA) is 0 Å². The fourth-order valence-electron chi connectivity index (χ4n) is 2.59. The molecule has 0 bridgehead atoms. The van der Waals surface area contributed by atoms with Gasteiger partial charge in [0.05, 0.1) is 0 Å². The summed E-state index contributed by atoms with van der Waals surface area (Å²) in [7, 11) is -2.72. The molecule has 2 aliphatic rings. The Morgan fingerprint density at radius 2 is 1.12 bits per heavy atom. The maximum atomic E-state index is 2.96. The van der Waals surface area contributed by atoms with Crippen LogP contribution < -0.4 is 0 Å². The quantitative estimate of drug-likeness (QED) is 0.346. The Morgan fingerprint density at radius 3 is 1.38 bits per heavy atom. The number of halogens is 2. The molecule has 0 aromatic carbocycles. The van der Waals surface area contributed by atoms with Crippen molar-refractivity contribution < 1.29 is 9.56 Å². The van der Waals surface area contributed by atoms with E-state index in [0.717, 1.165) is 7.25 Å². The first-order valence-corrected chi connectivity index (χ1v) is 30.3. The Labute approximate surface area is 118 Å². The Hall–Kier alpha value is 1.52. The summed E-state index contributed by atoms with van der Waals surface area (Å²) in [4.78, 5) is 0. The Morgan fingerprint density at radius 1 is 0.812 bits per heavy atom. The van der Waals surface area contributed by atoms with Crippen LogP contribution in [0.2, 0.25) is 20.3 Å². The van der Waals surface area contributed by atoms with Crippen LogP contribution in [-0.4, -0.2) is 5.92 Å². The molecular weight excluding hydrogens is 517 g/mol. The van der Waals surface area contributed by atoms with Crippen LogP contribution in [0.4, 0.5) is 0 Å². The molecule has 0 radical (unpaired) electrons. The van der Waals surface area contributed by atoms with Gasteiger partial charge in [0.1, 0.15) is 0 Å². The predicted molar refractivity (Wildman–Crippen MR) is 91.0 cm³/mol. The number of hydrogen-bond acceptors (Lipinski definition) is 0. The summed E-state index contributed by atoms with van der Waals surface area (Å²) in [6, 6.07) is 0. The van der Waals surface area contributed by atoms with E-state index in [2.05, 4.69) is 97.8 Å². The minimum absolute atomic E-state index is 0.644. The summed E-state index contributed by atoms with van der Waals surface area (Å²) < 4.78 is 1.54. The molecule has 16 heavy (non-hydrogen) atoms. The van der Waals surface area contributed by atoms with E-state index in [1.54, 1.807) is 0 Å². The molecule has 0 nitrogen and oxygen atoms in total. The van der Waals surface area contributed by atoms with Crippen molar-refractivity contribution in [3.8, 4) is 0 Å². The first-order valence-electron chi connectivity index (χ1n) is 5.73. The van der Waals surface area contributed by atoms with E-state index in [1.807, 2.05) is 0 Å². The molecule has 2 aliphatic carbocycles. The van der Waals surface area contributed by atoms with E-state index >= 15 is 0 Å². The van der Waals surface area contributed by atoms with Crippen molar-refractivity contribution in [2.45, 2.75) is 20.3 Å². The summed E-state index contributed by atoms with van der Waals surface area (Å²) in [6.07, 6.45) is 18.8. The third kappa shape index (κ3) is 2.10. The Balaban J connectivity index is 2.47. The molecule has 0 aromatic rings. The summed E-state index contributed by atoms with van der Waals surface area (Å²) >= 11 is 5.91. The predicted octanol–water partition coefficient (Wildman–Crippen LogP) is 5.19. The fourth-order valence-corrected chi connectivity index (χ4v) is 33.7. The van der Waals surface area contributed by atoms with Gasteiger partial charge in [-0.15, -0.1) is 0 Å². The first-order chi connectivity index (χ1) is 7.46. The van der Waals surface area contributed by atoms with Gasteiger partial charge in [0.2, 0.25) is 0 Å². The van der Waals surface area contributed by atoms with Gasteiger partial charge in [-0.2, -0.15) is 0 Å². The second kappa shape index (κ2) is 4.89. The zero-order valence-electron chi connectivity index (χ0n) is 9.61. The van der Waals surface area contributed by atoms with Crippen molar-refractivity contribution in [3.63, 3.8) is 0 Å². The molecular formula is C12H17I2SiZr. The maximum absolute atomic E-state index is 2.96. The third-order valence-electron chi connectivity index (χ3n) is 3.87. The molecule has 2 rings (SSSR count). The Kier molecular flexibility index (Phi) is 4.26. The molecule has 0 saturated heterocycles. The van der Waals surface area contributed by atoms with E-state index in [0.29, 0.717) is 0 Å². The van der Waals surface area contributed by atoms with Crippen molar-refractivity contribution in [3.05, 3.63) is 48.6 Å². The van der Waals surface area contributed by atoms with E-state index in [9.17, 15) is 0 Å². The van der Waals surface area contributed by atoms with Crippen molar-refractivity contribution in [1.82, 2.24) is 0 Å². The van der Waals surface area contributed by atoms with E-state index in [4.69, 9.17) is 0 Å². The zero-order chi connectivity index (χ0) is 11.8. The van der Waals surface area contributed by atoms with Crippen molar-refractivity contribution in [1.29, 1.82) is 0 Å². The normalized spacial score (nSPS) is 23.4. The number of allylic oxidation sites excluding steroid dienone is 8. The number of hydrogen-bond donors (Lipinski definition) is 0. The van der Waals surface area contributed by atoms with Crippen LogP contribution in [0.5, 0.6) is 0 Å². The summed E-state index contributed by atoms with van der Waals surface area (Å²) in [5.74, 6) is -0.644. The van der Waals surface area contributed by atoms with E-state index < -0.39 is 15.5 Å². The molecule has 0 spiro atoms. The standard InChI is InChI=1S/2C5H5.C2H7Si.2HI.Zr/c2*1-2-4-5-3-1;1-3-2;;;/h2*1-5H;3H,1-2H3;2*1H;/q;;;;;+2/p-2. The molecule has 4 heteroatoms. The molecule has 0 amide bonds. The first kappa shape index (κ1) is 13.9. The van der Waals surface area contributed by atoms with Gasteiger partial charge in [-0.25, -0.2) is 0 Å². The molecule has 0 unspecified atom stereocenters. The number of rotatable bonds is 3. The SMILES string of the molecule is C[SiH](C)[Zr]([I])([I])([CH]1C=CC=C1)[CH]1C=CC=C1. The third-order valence-corrected chi connectivity index (χ3v) is 96.3. The second-order valence-electron chi connectivity index (χ2n) is 4.97. The van der Waals surface area contributed by atoms with Gasteiger partial charge in [0.15, 0.2) is 0 Å². The summed E-state index contributed by atoms with van der Waals surface area (Å²) in [5, 5.41) is 0. The average Bonchev–Trinajstić information content (AvgIpc) is 2.92. The van der Waals surface area contributed by atoms with Gasteiger partial charge in [-0.05, 0) is 0 Å². The molecule has 87 valence electrons. The second-order valence-corrected chi connectivity index (χ2v) is 87.1. The fraction of sp³-hybridized carbons (Fsp3) is 0.333. The van der Waals surface area contributed by atoms with Crippen LogP contribution in [0, 0.1) is 0 Å². The Bertz CT molecular complexity index is 351. The van der Waals surface area contributed by atoms with Gasteiger partial charge in [-0.3, -0.25) is 0 Å². The summed E-state index contributed by atoms with van der Waals surface area (Å²) in [6.45, 7) is 5.12. The average molecular weight is 534 g/mol. The molecule has 0 N–H and O–H groups in total. The molecule has 0 atom stereocenters. The van der Waals surface area contributed by atoms with Crippen molar-refractivity contribution in [2.24, 2.45) is 0 Å². The monoisotopic (exact) mass is 533 g/mol. The zero-order valence-corrected chi connectivity index (χ0v) is 17.5. The van der Waals surface area contributed by atoms with E-state index in [1.165, 1.54) is 0 Å². The van der Waals surface area contributed by atoms with Crippen LogP contribution in [0.3, 0.4) is 0 Å². The van der Waals surface area contributed by atoms with E-state index in [-0.39, 0.29) is 0 Å². The molecule has 0 aliphatic heterocycles. The van der Waals surface area contributed by atoms with Crippen LogP contribution >= 0.6 is 36.1 Å². The van der Waals surface area contributed by atoms with Gasteiger partial charge in [0, 0.05) is 0 Å². The van der Waals surface area contributed by atoms with Gasteiger partial charge in [-0.1, -0.05) is 0 Å². The molecule has 0 aromatic heterocycles.